The Balaban J connectivity index is 2.41. The summed E-state index contributed by atoms with van der Waals surface area (Å²) in [6, 6.07) is 4.94. The third kappa shape index (κ3) is 1.93. The summed E-state index contributed by atoms with van der Waals surface area (Å²) in [5.41, 5.74) is 0.629. The lowest BCUT2D eigenvalue weighted by molar-refractivity contribution is -0.115. The van der Waals surface area contributed by atoms with Gasteiger partial charge in [0.2, 0.25) is 0 Å². The first-order valence-corrected chi connectivity index (χ1v) is 5.32. The monoisotopic (exact) mass is 260 g/mol. The lowest BCUT2D eigenvalue weighted by atomic mass is 10.3. The second-order valence-corrected chi connectivity index (χ2v) is 4.19. The Morgan fingerprint density at radius 3 is 2.60 bits per heavy atom. The molecule has 0 aliphatic carbocycles. The summed E-state index contributed by atoms with van der Waals surface area (Å²) in [7, 11) is 0. The average Bonchev–Trinajstić information content (AvgIpc) is 2.52. The van der Waals surface area contributed by atoms with Crippen molar-refractivity contribution in [1.82, 2.24) is 5.32 Å². The van der Waals surface area contributed by atoms with E-state index in [2.05, 4.69) is 5.32 Å². The highest BCUT2D eigenvalue weighted by Crippen LogP contribution is 2.28. The molecule has 0 unspecified atom stereocenters. The van der Waals surface area contributed by atoms with Crippen LogP contribution in [-0.4, -0.2) is 17.6 Å². The molecule has 0 aromatic heterocycles. The van der Waals surface area contributed by atoms with Crippen molar-refractivity contribution in [3.05, 3.63) is 28.2 Å². The maximum absolute atomic E-state index is 11.5. The number of nitrogens with zero attached hydrogens (tertiary/aromatic N) is 1. The van der Waals surface area contributed by atoms with Gasteiger partial charge in [-0.3, -0.25) is 9.69 Å². The SMILES string of the molecule is O=C1CNC(=S)N1c1ccc(Cl)c(Cl)c1. The largest absolute Gasteiger partial charge is 0.353 e. The third-order valence-corrected chi connectivity index (χ3v) is 3.07. The van der Waals surface area contributed by atoms with Gasteiger partial charge in [0.15, 0.2) is 5.11 Å². The quantitative estimate of drug-likeness (QED) is 0.787. The van der Waals surface area contributed by atoms with Crippen LogP contribution < -0.4 is 10.2 Å². The molecule has 1 aliphatic rings. The zero-order valence-electron chi connectivity index (χ0n) is 7.46. The summed E-state index contributed by atoms with van der Waals surface area (Å²) in [4.78, 5) is 12.9. The molecule has 1 amide bonds. The second kappa shape index (κ2) is 3.96. The van der Waals surface area contributed by atoms with Crippen molar-refractivity contribution < 1.29 is 4.79 Å². The Hall–Kier alpha value is -0.840. The van der Waals surface area contributed by atoms with Crippen LogP contribution in [0.3, 0.4) is 0 Å². The first-order valence-electron chi connectivity index (χ1n) is 4.15. The van der Waals surface area contributed by atoms with Gasteiger partial charge in [-0.15, -0.1) is 0 Å². The van der Waals surface area contributed by atoms with Crippen molar-refractivity contribution >= 4 is 52.1 Å². The van der Waals surface area contributed by atoms with E-state index in [1.165, 1.54) is 4.90 Å². The van der Waals surface area contributed by atoms with Crippen LogP contribution in [0.4, 0.5) is 5.69 Å². The Morgan fingerprint density at radius 1 is 1.33 bits per heavy atom. The lowest BCUT2D eigenvalue weighted by Gasteiger charge is -2.14. The summed E-state index contributed by atoms with van der Waals surface area (Å²) in [5.74, 6) is -0.0987. The molecule has 0 saturated carbocycles. The average molecular weight is 261 g/mol. The van der Waals surface area contributed by atoms with Crippen molar-refractivity contribution in [2.45, 2.75) is 0 Å². The number of anilines is 1. The predicted molar refractivity (Wildman–Crippen MR) is 64.5 cm³/mol. The van der Waals surface area contributed by atoms with Crippen LogP contribution >= 0.6 is 35.4 Å². The highest BCUT2D eigenvalue weighted by Gasteiger charge is 2.26. The summed E-state index contributed by atoms with van der Waals surface area (Å²) in [5, 5.41) is 4.02. The summed E-state index contributed by atoms with van der Waals surface area (Å²) < 4.78 is 0. The normalized spacial score (nSPS) is 15.7. The van der Waals surface area contributed by atoms with Gasteiger partial charge in [0.05, 0.1) is 22.3 Å². The number of benzene rings is 1. The molecule has 1 aliphatic heterocycles. The van der Waals surface area contributed by atoms with Gasteiger partial charge in [0, 0.05) is 0 Å². The number of thiocarbonyl (C=S) groups is 1. The third-order valence-electron chi connectivity index (χ3n) is 2.00. The number of rotatable bonds is 1. The van der Waals surface area contributed by atoms with E-state index < -0.39 is 0 Å². The van der Waals surface area contributed by atoms with Crippen LogP contribution in [0.2, 0.25) is 10.0 Å². The summed E-state index contributed by atoms with van der Waals surface area (Å²) in [6.45, 7) is 0.221. The van der Waals surface area contributed by atoms with Gasteiger partial charge in [-0.2, -0.15) is 0 Å². The number of halogens is 2. The minimum Gasteiger partial charge on any atom is -0.353 e. The molecule has 1 aromatic carbocycles. The molecule has 1 fully saturated rings. The molecule has 1 aromatic rings. The van der Waals surface area contributed by atoms with Crippen molar-refractivity contribution in [3.63, 3.8) is 0 Å². The van der Waals surface area contributed by atoms with E-state index in [1.807, 2.05) is 0 Å². The van der Waals surface area contributed by atoms with Crippen LogP contribution in [0.25, 0.3) is 0 Å². The minimum atomic E-state index is -0.0987. The Bertz CT molecular complexity index is 434. The van der Waals surface area contributed by atoms with E-state index in [1.54, 1.807) is 18.2 Å². The van der Waals surface area contributed by atoms with Gasteiger partial charge < -0.3 is 5.32 Å². The molecule has 1 saturated heterocycles. The van der Waals surface area contributed by atoms with E-state index in [9.17, 15) is 4.79 Å². The fourth-order valence-corrected chi connectivity index (χ4v) is 1.88. The number of carbonyl (C=O) groups is 1. The molecule has 2 rings (SSSR count). The second-order valence-electron chi connectivity index (χ2n) is 2.99. The summed E-state index contributed by atoms with van der Waals surface area (Å²) in [6.07, 6.45) is 0. The number of hydrogen-bond acceptors (Lipinski definition) is 2. The van der Waals surface area contributed by atoms with Crippen molar-refractivity contribution in [3.8, 4) is 0 Å². The van der Waals surface area contributed by atoms with Crippen LogP contribution in [0.15, 0.2) is 18.2 Å². The van der Waals surface area contributed by atoms with E-state index in [4.69, 9.17) is 35.4 Å². The van der Waals surface area contributed by atoms with Gasteiger partial charge in [-0.05, 0) is 30.4 Å². The highest BCUT2D eigenvalue weighted by molar-refractivity contribution is 7.80. The molecule has 6 heteroatoms. The fraction of sp³-hybridized carbons (Fsp3) is 0.111. The molecule has 0 bridgehead atoms. The van der Waals surface area contributed by atoms with Gasteiger partial charge >= 0.3 is 0 Å². The molecule has 15 heavy (non-hydrogen) atoms. The van der Waals surface area contributed by atoms with Crippen LogP contribution in [0, 0.1) is 0 Å². The fourth-order valence-electron chi connectivity index (χ4n) is 1.31. The Labute approximate surface area is 102 Å². The van der Waals surface area contributed by atoms with Crippen LogP contribution in [0.1, 0.15) is 0 Å². The molecule has 1 heterocycles. The van der Waals surface area contributed by atoms with Crippen molar-refractivity contribution in [2.75, 3.05) is 11.4 Å². The number of hydrogen-bond donors (Lipinski definition) is 1. The number of nitrogens with one attached hydrogen (secondary N) is 1. The zero-order chi connectivity index (χ0) is 11.0. The summed E-state index contributed by atoms with van der Waals surface area (Å²) >= 11 is 16.6. The van der Waals surface area contributed by atoms with Crippen LogP contribution in [-0.2, 0) is 4.79 Å². The van der Waals surface area contributed by atoms with E-state index >= 15 is 0 Å². The van der Waals surface area contributed by atoms with E-state index in [0.717, 1.165) is 0 Å². The van der Waals surface area contributed by atoms with E-state index in [-0.39, 0.29) is 12.5 Å². The molecule has 3 nitrogen and oxygen atoms in total. The van der Waals surface area contributed by atoms with E-state index in [0.29, 0.717) is 20.8 Å². The van der Waals surface area contributed by atoms with Crippen LogP contribution in [0.5, 0.6) is 0 Å². The maximum Gasteiger partial charge on any atom is 0.252 e. The molecule has 0 spiro atoms. The molecule has 0 atom stereocenters. The Kier molecular flexibility index (Phi) is 2.82. The number of amides is 1. The van der Waals surface area contributed by atoms with Gasteiger partial charge in [-0.1, -0.05) is 23.2 Å². The van der Waals surface area contributed by atoms with Crippen molar-refractivity contribution in [1.29, 1.82) is 0 Å². The first-order chi connectivity index (χ1) is 7.09. The lowest BCUT2D eigenvalue weighted by Crippen LogP contribution is -2.30. The maximum atomic E-state index is 11.5. The van der Waals surface area contributed by atoms with Crippen molar-refractivity contribution in [2.24, 2.45) is 0 Å². The van der Waals surface area contributed by atoms with Gasteiger partial charge in [0.1, 0.15) is 0 Å². The number of carbonyl (C=O) groups excluding carboxylic acids is 1. The molecule has 78 valence electrons. The zero-order valence-corrected chi connectivity index (χ0v) is 9.79. The molecule has 1 N–H and O–H groups in total. The predicted octanol–water partition coefficient (Wildman–Crippen LogP) is 2.21. The van der Waals surface area contributed by atoms with Gasteiger partial charge in [-0.25, -0.2) is 0 Å². The molecular formula is C9H6Cl2N2OS. The molecule has 0 radical (unpaired) electrons. The smallest absolute Gasteiger partial charge is 0.252 e. The first kappa shape index (κ1) is 10.7. The Morgan fingerprint density at radius 2 is 2.07 bits per heavy atom. The highest BCUT2D eigenvalue weighted by atomic mass is 35.5. The minimum absolute atomic E-state index is 0.0987. The molecular weight excluding hydrogens is 255 g/mol. The topological polar surface area (TPSA) is 32.3 Å². The standard InChI is InChI=1S/C9H6Cl2N2OS/c10-6-2-1-5(3-7(6)11)13-8(14)4-12-9(13)15/h1-3H,4H2,(H,12,15). The van der Waals surface area contributed by atoms with Gasteiger partial charge in [0.25, 0.3) is 5.91 Å².